The van der Waals surface area contributed by atoms with Gasteiger partial charge in [-0.2, -0.15) is 0 Å². The molecule has 0 spiro atoms. The van der Waals surface area contributed by atoms with Gasteiger partial charge in [0.2, 0.25) is 0 Å². The molecule has 0 saturated heterocycles. The molecule has 2 heteroatoms. The van der Waals surface area contributed by atoms with Crippen LogP contribution in [0.4, 0.5) is 0 Å². The zero-order chi connectivity index (χ0) is 13.7. The molecule has 2 rings (SSSR count). The lowest BCUT2D eigenvalue weighted by atomic mass is 10.0. The maximum absolute atomic E-state index is 5.81. The molecule has 0 radical (unpaired) electrons. The summed E-state index contributed by atoms with van der Waals surface area (Å²) in [6, 6.07) is 6.34. The third kappa shape index (κ3) is 3.36. The minimum absolute atomic E-state index is 0.603. The molecule has 1 aromatic rings. The Hall–Kier alpha value is -1.33. The van der Waals surface area contributed by atoms with Crippen molar-refractivity contribution in [1.82, 2.24) is 0 Å². The van der Waals surface area contributed by atoms with Crippen LogP contribution in [-0.4, -0.2) is 12.9 Å². The van der Waals surface area contributed by atoms with Crippen LogP contribution >= 0.6 is 11.8 Å². The number of hydrogen-bond donors (Lipinski definition) is 0. The molecule has 1 heterocycles. The zero-order valence-corrected chi connectivity index (χ0v) is 12.7. The van der Waals surface area contributed by atoms with Crippen molar-refractivity contribution in [1.29, 1.82) is 0 Å². The Labute approximate surface area is 120 Å². The summed E-state index contributed by atoms with van der Waals surface area (Å²) in [4.78, 5) is 1.27. The Bertz CT molecular complexity index is 546. The molecule has 1 aliphatic rings. The largest absolute Gasteiger partial charge is 0.488 e. The molecular formula is C17H20OS. The predicted molar refractivity (Wildman–Crippen MR) is 84.4 cm³/mol. The van der Waals surface area contributed by atoms with Crippen molar-refractivity contribution in [2.24, 2.45) is 0 Å². The summed E-state index contributed by atoms with van der Waals surface area (Å²) in [6.45, 7) is 4.90. The lowest BCUT2D eigenvalue weighted by Crippen LogP contribution is -2.09. The lowest BCUT2D eigenvalue weighted by Gasteiger charge is -2.20. The fourth-order valence-corrected chi connectivity index (χ4v) is 2.82. The molecular weight excluding hydrogens is 252 g/mol. The van der Waals surface area contributed by atoms with Crippen molar-refractivity contribution in [2.45, 2.75) is 33.1 Å². The van der Waals surface area contributed by atoms with E-state index in [2.05, 4.69) is 50.1 Å². The topological polar surface area (TPSA) is 9.23 Å². The predicted octanol–water partition coefficient (Wildman–Crippen LogP) is 4.66. The molecule has 0 saturated carbocycles. The van der Waals surface area contributed by atoms with E-state index in [-0.39, 0.29) is 0 Å². The Balaban J connectivity index is 2.33. The van der Waals surface area contributed by atoms with Crippen molar-refractivity contribution < 1.29 is 4.74 Å². The van der Waals surface area contributed by atoms with E-state index in [0.717, 1.165) is 17.7 Å². The van der Waals surface area contributed by atoms with Gasteiger partial charge < -0.3 is 4.74 Å². The molecule has 0 N–H and O–H groups in total. The molecule has 1 aromatic carbocycles. The highest BCUT2D eigenvalue weighted by molar-refractivity contribution is 8.07. The smallest absolute Gasteiger partial charge is 0.128 e. The van der Waals surface area contributed by atoms with Crippen LogP contribution in [-0.2, 0) is 0 Å². The van der Waals surface area contributed by atoms with Crippen LogP contribution in [0.1, 0.15) is 37.3 Å². The third-order valence-corrected chi connectivity index (χ3v) is 4.00. The first kappa shape index (κ1) is 14.1. The van der Waals surface area contributed by atoms with E-state index >= 15 is 0 Å². The lowest BCUT2D eigenvalue weighted by molar-refractivity contribution is 0.351. The first-order valence-corrected chi connectivity index (χ1v) is 7.98. The first-order chi connectivity index (χ1) is 9.26. The van der Waals surface area contributed by atoms with Crippen LogP contribution in [0.25, 0.3) is 4.91 Å². The summed E-state index contributed by atoms with van der Waals surface area (Å²) in [7, 11) is 0. The standard InChI is InChI=1S/C17H20OS/c1-4-5-6-7-8-14-12-18-16-10-9-13(2)11-15(16)17(14)19-3/h9-11H,4-6,12H2,1-3H3. The minimum atomic E-state index is 0.603. The van der Waals surface area contributed by atoms with Crippen molar-refractivity contribution >= 4 is 16.7 Å². The summed E-state index contributed by atoms with van der Waals surface area (Å²) in [5.74, 6) is 7.55. The quantitative estimate of drug-likeness (QED) is 0.585. The second-order valence-corrected chi connectivity index (χ2v) is 5.52. The van der Waals surface area contributed by atoms with Crippen LogP contribution in [0.15, 0.2) is 23.8 Å². The van der Waals surface area contributed by atoms with E-state index in [1.807, 2.05) is 0 Å². The van der Waals surface area contributed by atoms with Gasteiger partial charge in [0.1, 0.15) is 12.4 Å². The Morgan fingerprint density at radius 3 is 2.95 bits per heavy atom. The maximum atomic E-state index is 5.81. The highest BCUT2D eigenvalue weighted by Crippen LogP contribution is 2.39. The van der Waals surface area contributed by atoms with Crippen molar-refractivity contribution in [3.8, 4) is 17.6 Å². The van der Waals surface area contributed by atoms with Crippen LogP contribution in [0.5, 0.6) is 5.75 Å². The van der Waals surface area contributed by atoms with Gasteiger partial charge >= 0.3 is 0 Å². The third-order valence-electron chi connectivity index (χ3n) is 3.12. The van der Waals surface area contributed by atoms with E-state index in [9.17, 15) is 0 Å². The zero-order valence-electron chi connectivity index (χ0n) is 11.9. The molecule has 1 nitrogen and oxygen atoms in total. The van der Waals surface area contributed by atoms with E-state index in [1.165, 1.54) is 28.9 Å². The number of hydrogen-bond acceptors (Lipinski definition) is 2. The van der Waals surface area contributed by atoms with Gasteiger partial charge in [0.05, 0.1) is 5.57 Å². The summed E-state index contributed by atoms with van der Waals surface area (Å²) in [5, 5.41) is 0. The highest BCUT2D eigenvalue weighted by Gasteiger charge is 2.18. The second-order valence-electron chi connectivity index (χ2n) is 4.71. The molecule has 0 aliphatic carbocycles. The van der Waals surface area contributed by atoms with Crippen LogP contribution in [0.2, 0.25) is 0 Å². The molecule has 0 atom stereocenters. The Morgan fingerprint density at radius 2 is 2.21 bits per heavy atom. The number of rotatable bonds is 3. The number of aryl methyl sites for hydroxylation is 1. The summed E-state index contributed by atoms with van der Waals surface area (Å²) in [6.07, 6.45) is 5.45. The van der Waals surface area contributed by atoms with Gasteiger partial charge in [0, 0.05) is 16.9 Å². The Morgan fingerprint density at radius 1 is 1.37 bits per heavy atom. The number of benzene rings is 1. The van der Waals surface area contributed by atoms with Crippen LogP contribution in [0, 0.1) is 18.8 Å². The molecule has 19 heavy (non-hydrogen) atoms. The van der Waals surface area contributed by atoms with E-state index in [1.54, 1.807) is 11.8 Å². The van der Waals surface area contributed by atoms with Gasteiger partial charge in [-0.05, 0) is 31.7 Å². The van der Waals surface area contributed by atoms with Gasteiger partial charge in [-0.1, -0.05) is 36.8 Å². The number of unbranched alkanes of at least 4 members (excludes halogenated alkanes) is 2. The molecule has 0 amide bonds. The summed E-state index contributed by atoms with van der Waals surface area (Å²) in [5.41, 5.74) is 3.58. The summed E-state index contributed by atoms with van der Waals surface area (Å²) < 4.78 is 5.81. The second kappa shape index (κ2) is 6.73. The van der Waals surface area contributed by atoms with Crippen molar-refractivity contribution in [3.63, 3.8) is 0 Å². The highest BCUT2D eigenvalue weighted by atomic mass is 32.2. The van der Waals surface area contributed by atoms with E-state index < -0.39 is 0 Å². The number of fused-ring (bicyclic) bond motifs is 1. The van der Waals surface area contributed by atoms with Crippen LogP contribution in [0.3, 0.4) is 0 Å². The van der Waals surface area contributed by atoms with Gasteiger partial charge in [-0.15, -0.1) is 11.8 Å². The maximum Gasteiger partial charge on any atom is 0.128 e. The van der Waals surface area contributed by atoms with E-state index in [0.29, 0.717) is 6.61 Å². The monoisotopic (exact) mass is 272 g/mol. The molecule has 0 bridgehead atoms. The van der Waals surface area contributed by atoms with Gasteiger partial charge in [-0.3, -0.25) is 0 Å². The molecule has 0 aromatic heterocycles. The van der Waals surface area contributed by atoms with Crippen LogP contribution < -0.4 is 4.74 Å². The van der Waals surface area contributed by atoms with Gasteiger partial charge in [0.15, 0.2) is 0 Å². The first-order valence-electron chi connectivity index (χ1n) is 6.76. The average Bonchev–Trinajstić information content (AvgIpc) is 2.43. The molecule has 0 unspecified atom stereocenters. The fourth-order valence-electron chi connectivity index (χ4n) is 2.09. The van der Waals surface area contributed by atoms with Gasteiger partial charge in [0.25, 0.3) is 0 Å². The number of thioether (sulfide) groups is 1. The SMILES string of the molecule is CCCCC#CC1=C(SC)c2cc(C)ccc2OC1. The molecule has 1 aliphatic heterocycles. The van der Waals surface area contributed by atoms with E-state index in [4.69, 9.17) is 4.74 Å². The van der Waals surface area contributed by atoms with Gasteiger partial charge in [-0.25, -0.2) is 0 Å². The molecule has 0 fully saturated rings. The van der Waals surface area contributed by atoms with Crippen molar-refractivity contribution in [2.75, 3.05) is 12.9 Å². The average molecular weight is 272 g/mol. The number of ether oxygens (including phenoxy) is 1. The minimum Gasteiger partial charge on any atom is -0.488 e. The molecule has 100 valence electrons. The Kier molecular flexibility index (Phi) is 4.99. The normalized spacial score (nSPS) is 13.4. The van der Waals surface area contributed by atoms with Crippen molar-refractivity contribution in [3.05, 3.63) is 34.9 Å². The fraction of sp³-hybridized carbons (Fsp3) is 0.412. The summed E-state index contributed by atoms with van der Waals surface area (Å²) >= 11 is 1.77.